The van der Waals surface area contributed by atoms with Crippen molar-refractivity contribution in [1.29, 1.82) is 0 Å². The van der Waals surface area contributed by atoms with Gasteiger partial charge in [-0.3, -0.25) is 4.79 Å². The second kappa shape index (κ2) is 9.38. The Morgan fingerprint density at radius 1 is 1.26 bits per heavy atom. The summed E-state index contributed by atoms with van der Waals surface area (Å²) in [4.78, 5) is 20.2. The van der Waals surface area contributed by atoms with Gasteiger partial charge in [0.15, 0.2) is 5.82 Å². The van der Waals surface area contributed by atoms with Crippen molar-refractivity contribution < 1.29 is 23.0 Å². The maximum absolute atomic E-state index is 13.3. The maximum Gasteiger partial charge on any atom is 0.295 e. The number of rotatable bonds is 7. The van der Waals surface area contributed by atoms with Gasteiger partial charge in [-0.1, -0.05) is 35.3 Å². The molecule has 1 fully saturated rings. The number of nitrogens with zero attached hydrogens (tertiary/aromatic N) is 2. The lowest BCUT2D eigenvalue weighted by Gasteiger charge is -2.30. The third kappa shape index (κ3) is 4.61. The summed E-state index contributed by atoms with van der Waals surface area (Å²) in [6.07, 6.45) is -3.36. The van der Waals surface area contributed by atoms with E-state index in [2.05, 4.69) is 14.9 Å². The minimum atomic E-state index is -2.76. The zero-order valence-corrected chi connectivity index (χ0v) is 17.8. The molecule has 0 amide bonds. The Balaban J connectivity index is 1.82. The van der Waals surface area contributed by atoms with Crippen LogP contribution in [0, 0.1) is 0 Å². The molecule has 1 aliphatic heterocycles. The quantitative estimate of drug-likeness (QED) is 0.487. The molecule has 10 heteroatoms. The van der Waals surface area contributed by atoms with Crippen LogP contribution in [-0.2, 0) is 20.7 Å². The molecule has 4 rings (SSSR count). The first-order valence-corrected chi connectivity index (χ1v) is 10.4. The Hall–Kier alpha value is -2.42. The molecule has 6 nitrogen and oxygen atoms in total. The van der Waals surface area contributed by atoms with Crippen molar-refractivity contribution in [3.05, 3.63) is 57.3 Å². The van der Waals surface area contributed by atoms with Crippen LogP contribution in [0.25, 0.3) is 11.0 Å². The summed E-state index contributed by atoms with van der Waals surface area (Å²) in [5, 5.41) is 0.718. The van der Waals surface area contributed by atoms with Crippen molar-refractivity contribution >= 4 is 46.4 Å². The molecule has 1 unspecified atom stereocenters. The van der Waals surface area contributed by atoms with Crippen molar-refractivity contribution in [3.8, 4) is 0 Å². The van der Waals surface area contributed by atoms with E-state index in [0.717, 1.165) is 5.69 Å². The number of aromatic nitrogens is 2. The summed E-state index contributed by atoms with van der Waals surface area (Å²) < 4.78 is 37.5. The lowest BCUT2D eigenvalue weighted by molar-refractivity contribution is -0.133. The van der Waals surface area contributed by atoms with Crippen LogP contribution in [0.1, 0.15) is 29.5 Å². The highest BCUT2D eigenvalue weighted by molar-refractivity contribution is 6.42. The molecule has 0 aliphatic carbocycles. The van der Waals surface area contributed by atoms with Gasteiger partial charge in [-0.2, -0.15) is 0 Å². The van der Waals surface area contributed by atoms with Gasteiger partial charge in [-0.25, -0.2) is 13.8 Å². The number of anilines is 1. The Morgan fingerprint density at radius 2 is 2.03 bits per heavy atom. The molecule has 0 bridgehead atoms. The summed E-state index contributed by atoms with van der Waals surface area (Å²) >= 11 is 12.4. The van der Waals surface area contributed by atoms with Crippen molar-refractivity contribution in [2.75, 3.05) is 31.2 Å². The lowest BCUT2D eigenvalue weighted by Crippen LogP contribution is -2.36. The number of morpholine rings is 1. The molecular formula is C21H19Cl2F2N3O3. The SMILES string of the molecule is O=COC(Cc1cccc(Cl)c1Cl)c1cc(N2CCOCC2)cc2[nH]c(C(F)F)nc12. The highest BCUT2D eigenvalue weighted by Gasteiger charge is 2.25. The van der Waals surface area contributed by atoms with Crippen molar-refractivity contribution in [2.24, 2.45) is 0 Å². The van der Waals surface area contributed by atoms with Gasteiger partial charge in [0.05, 0.1) is 34.3 Å². The summed E-state index contributed by atoms with van der Waals surface area (Å²) in [7, 11) is 0. The molecule has 3 aromatic rings. The molecule has 2 heterocycles. The fourth-order valence-electron chi connectivity index (χ4n) is 3.70. The van der Waals surface area contributed by atoms with E-state index in [4.69, 9.17) is 32.7 Å². The number of alkyl halides is 2. The van der Waals surface area contributed by atoms with E-state index in [0.29, 0.717) is 65.0 Å². The smallest absolute Gasteiger partial charge is 0.295 e. The minimum absolute atomic E-state index is 0.205. The minimum Gasteiger partial charge on any atom is -0.459 e. The normalized spacial score (nSPS) is 15.5. The standard InChI is InChI=1S/C21H19Cl2F2N3O3/c22-15-3-1-2-12(18(15)23)8-17(31-11-29)14-9-13(28-4-6-30-7-5-28)10-16-19(14)27-21(26-16)20(24)25/h1-3,9-11,17,20H,4-8H2,(H,26,27). The number of aromatic amines is 1. The first-order chi connectivity index (χ1) is 15.0. The number of benzene rings is 2. The van der Waals surface area contributed by atoms with Gasteiger partial charge in [0.1, 0.15) is 6.10 Å². The van der Waals surface area contributed by atoms with Crippen LogP contribution in [0.15, 0.2) is 30.3 Å². The summed E-state index contributed by atoms with van der Waals surface area (Å²) in [5.41, 5.74) is 2.72. The summed E-state index contributed by atoms with van der Waals surface area (Å²) in [6, 6.07) is 8.75. The average molecular weight is 470 g/mol. The predicted octanol–water partition coefficient (Wildman–Crippen LogP) is 5.10. The van der Waals surface area contributed by atoms with Crippen LogP contribution in [0.3, 0.4) is 0 Å². The second-order valence-electron chi connectivity index (χ2n) is 7.09. The molecule has 1 atom stereocenters. The van der Waals surface area contributed by atoms with E-state index in [1.807, 2.05) is 6.07 Å². The van der Waals surface area contributed by atoms with E-state index in [-0.39, 0.29) is 6.42 Å². The number of H-pyrrole nitrogens is 1. The first-order valence-electron chi connectivity index (χ1n) is 9.64. The molecular weight excluding hydrogens is 451 g/mol. The molecule has 164 valence electrons. The molecule has 0 spiro atoms. The third-order valence-corrected chi connectivity index (χ3v) is 6.06. The van der Waals surface area contributed by atoms with Crippen molar-refractivity contribution in [2.45, 2.75) is 19.0 Å². The number of carbonyl (C=O) groups is 1. The topological polar surface area (TPSA) is 67.4 Å². The fraction of sp³-hybridized carbons (Fsp3) is 0.333. The summed E-state index contributed by atoms with van der Waals surface area (Å²) in [6.45, 7) is 2.76. The molecule has 0 radical (unpaired) electrons. The van der Waals surface area contributed by atoms with Crippen LogP contribution in [0.4, 0.5) is 14.5 Å². The van der Waals surface area contributed by atoms with Gasteiger partial charge >= 0.3 is 0 Å². The van der Waals surface area contributed by atoms with Gasteiger partial charge in [0.25, 0.3) is 12.9 Å². The number of nitrogens with one attached hydrogen (secondary N) is 1. The Labute approximate surface area is 187 Å². The molecule has 1 aliphatic rings. The highest BCUT2D eigenvalue weighted by atomic mass is 35.5. The number of ether oxygens (including phenoxy) is 2. The van der Waals surface area contributed by atoms with Crippen LogP contribution in [-0.4, -0.2) is 42.7 Å². The third-order valence-electron chi connectivity index (χ3n) is 5.21. The predicted molar refractivity (Wildman–Crippen MR) is 114 cm³/mol. The molecule has 1 aromatic heterocycles. The lowest BCUT2D eigenvalue weighted by atomic mass is 9.99. The number of fused-ring (bicyclic) bond motifs is 1. The zero-order chi connectivity index (χ0) is 22.0. The van der Waals surface area contributed by atoms with E-state index < -0.39 is 18.4 Å². The number of imidazole rings is 1. The van der Waals surface area contributed by atoms with Crippen molar-refractivity contribution in [3.63, 3.8) is 0 Å². The van der Waals surface area contributed by atoms with Gasteiger partial charge in [-0.05, 0) is 23.8 Å². The van der Waals surface area contributed by atoms with E-state index in [9.17, 15) is 13.6 Å². The molecule has 0 saturated carbocycles. The van der Waals surface area contributed by atoms with E-state index in [1.54, 1.807) is 24.3 Å². The summed E-state index contributed by atoms with van der Waals surface area (Å²) in [5.74, 6) is -0.444. The van der Waals surface area contributed by atoms with Crippen LogP contribution in [0.2, 0.25) is 10.0 Å². The fourth-order valence-corrected chi connectivity index (χ4v) is 4.10. The molecule has 1 N–H and O–H groups in total. The van der Waals surface area contributed by atoms with Crippen molar-refractivity contribution in [1.82, 2.24) is 9.97 Å². The van der Waals surface area contributed by atoms with Gasteiger partial charge in [0, 0.05) is 30.8 Å². The second-order valence-corrected chi connectivity index (χ2v) is 7.88. The maximum atomic E-state index is 13.3. The monoisotopic (exact) mass is 469 g/mol. The number of carbonyl (C=O) groups excluding carboxylic acids is 1. The number of hydrogen-bond donors (Lipinski definition) is 1. The average Bonchev–Trinajstić information content (AvgIpc) is 3.21. The van der Waals surface area contributed by atoms with Gasteiger partial charge in [-0.15, -0.1) is 0 Å². The zero-order valence-electron chi connectivity index (χ0n) is 16.3. The Bertz CT molecular complexity index is 1090. The number of halogens is 4. The van der Waals surface area contributed by atoms with Crippen LogP contribution in [0.5, 0.6) is 0 Å². The van der Waals surface area contributed by atoms with Crippen LogP contribution < -0.4 is 4.90 Å². The number of hydrogen-bond acceptors (Lipinski definition) is 5. The Kier molecular flexibility index (Phi) is 6.60. The molecule has 2 aromatic carbocycles. The van der Waals surface area contributed by atoms with E-state index >= 15 is 0 Å². The Morgan fingerprint density at radius 3 is 2.74 bits per heavy atom. The van der Waals surface area contributed by atoms with Crippen LogP contribution >= 0.6 is 23.2 Å². The van der Waals surface area contributed by atoms with E-state index in [1.165, 1.54) is 0 Å². The largest absolute Gasteiger partial charge is 0.459 e. The molecule has 31 heavy (non-hydrogen) atoms. The van der Waals surface area contributed by atoms with Gasteiger partial charge < -0.3 is 19.4 Å². The first kappa shape index (κ1) is 21.8. The highest BCUT2D eigenvalue weighted by Crippen LogP contribution is 2.36. The van der Waals surface area contributed by atoms with Gasteiger partial charge in [0.2, 0.25) is 0 Å². The molecule has 1 saturated heterocycles.